The molecule has 0 amide bonds. The number of nitriles is 1. The molecule has 26 heavy (non-hydrogen) atoms. The summed E-state index contributed by atoms with van der Waals surface area (Å²) >= 11 is 0. The molecule has 8 atom stereocenters. The second-order valence-corrected chi connectivity index (χ2v) is 10.2. The standard InChI is InChI=1S/C24H35NO/c1-5-24-9-8-16(10-22(24)20-12-21(20)23(24)13-25)18-7-6-17(26)11-19(18)15(4)14(2)3/h11,14-16,18,20-23H,5-10,12H2,1-4H3/t15-,16+,18-,20-,21+,22-,23+,24+/m1/s1. The van der Waals surface area contributed by atoms with Gasteiger partial charge in [-0.05, 0) is 91.4 Å². The van der Waals surface area contributed by atoms with Crippen molar-refractivity contribution in [1.29, 1.82) is 5.26 Å². The highest BCUT2D eigenvalue weighted by atomic mass is 16.1. The molecule has 4 aliphatic rings. The molecule has 142 valence electrons. The normalized spacial score (nSPS) is 45.5. The number of ketones is 1. The zero-order valence-electron chi connectivity index (χ0n) is 17.0. The Labute approximate surface area is 159 Å². The van der Waals surface area contributed by atoms with E-state index in [1.54, 1.807) is 0 Å². The quantitative estimate of drug-likeness (QED) is 0.642. The fraction of sp³-hybridized carbons (Fsp3) is 0.833. The van der Waals surface area contributed by atoms with Gasteiger partial charge in [0.15, 0.2) is 5.78 Å². The molecule has 0 aromatic carbocycles. The summed E-state index contributed by atoms with van der Waals surface area (Å²) in [6.45, 7) is 9.22. The number of hydrogen-bond acceptors (Lipinski definition) is 2. The lowest BCUT2D eigenvalue weighted by molar-refractivity contribution is -0.115. The summed E-state index contributed by atoms with van der Waals surface area (Å²) in [6.07, 6.45) is 10.2. The third kappa shape index (κ3) is 2.61. The van der Waals surface area contributed by atoms with Crippen LogP contribution >= 0.6 is 0 Å². The van der Waals surface area contributed by atoms with E-state index in [4.69, 9.17) is 0 Å². The third-order valence-corrected chi connectivity index (χ3v) is 9.08. The van der Waals surface area contributed by atoms with Crippen molar-refractivity contribution in [2.45, 2.75) is 72.6 Å². The van der Waals surface area contributed by atoms with Gasteiger partial charge in [-0.3, -0.25) is 4.79 Å². The van der Waals surface area contributed by atoms with Gasteiger partial charge >= 0.3 is 0 Å². The number of rotatable bonds is 4. The van der Waals surface area contributed by atoms with Crippen LogP contribution in [0.3, 0.4) is 0 Å². The molecule has 4 aliphatic carbocycles. The van der Waals surface area contributed by atoms with Gasteiger partial charge in [0.05, 0.1) is 12.0 Å². The van der Waals surface area contributed by atoms with Gasteiger partial charge in [-0.25, -0.2) is 0 Å². The molecule has 3 saturated carbocycles. The van der Waals surface area contributed by atoms with E-state index in [0.717, 1.165) is 30.6 Å². The Morgan fingerprint density at radius 1 is 1.23 bits per heavy atom. The van der Waals surface area contributed by atoms with Crippen LogP contribution in [0.2, 0.25) is 0 Å². The Morgan fingerprint density at radius 3 is 2.65 bits per heavy atom. The summed E-state index contributed by atoms with van der Waals surface area (Å²) in [5, 5.41) is 9.82. The van der Waals surface area contributed by atoms with Gasteiger partial charge in [0.1, 0.15) is 0 Å². The highest BCUT2D eigenvalue weighted by molar-refractivity contribution is 5.91. The summed E-state index contributed by atoms with van der Waals surface area (Å²) in [7, 11) is 0. The van der Waals surface area contributed by atoms with Crippen LogP contribution in [0.5, 0.6) is 0 Å². The third-order valence-electron chi connectivity index (χ3n) is 9.08. The van der Waals surface area contributed by atoms with E-state index < -0.39 is 0 Å². The summed E-state index contributed by atoms with van der Waals surface area (Å²) in [5.74, 6) is 5.42. The fourth-order valence-corrected chi connectivity index (χ4v) is 7.25. The average Bonchev–Trinajstić information content (AvgIpc) is 3.36. The molecule has 2 heteroatoms. The molecule has 0 unspecified atom stereocenters. The molecule has 0 aromatic rings. The molecule has 0 aromatic heterocycles. The lowest BCUT2D eigenvalue weighted by Crippen LogP contribution is -2.42. The van der Waals surface area contributed by atoms with Gasteiger partial charge in [0, 0.05) is 6.42 Å². The first-order valence-electron chi connectivity index (χ1n) is 11.1. The molecule has 0 bridgehead atoms. The topological polar surface area (TPSA) is 40.9 Å². The van der Waals surface area contributed by atoms with E-state index in [1.165, 1.54) is 37.7 Å². The maximum absolute atomic E-state index is 12.1. The van der Waals surface area contributed by atoms with Gasteiger partial charge in [-0.1, -0.05) is 33.3 Å². The first-order valence-corrected chi connectivity index (χ1v) is 11.1. The van der Waals surface area contributed by atoms with Crippen molar-refractivity contribution < 1.29 is 4.79 Å². The second-order valence-electron chi connectivity index (χ2n) is 10.2. The Kier molecular flexibility index (Phi) is 4.57. The maximum Gasteiger partial charge on any atom is 0.155 e. The molecule has 3 fully saturated rings. The Bertz CT molecular complexity index is 656. The van der Waals surface area contributed by atoms with Crippen molar-refractivity contribution in [3.05, 3.63) is 11.6 Å². The fourth-order valence-electron chi connectivity index (χ4n) is 7.25. The number of carbonyl (C=O) groups is 1. The van der Waals surface area contributed by atoms with Crippen molar-refractivity contribution >= 4 is 5.78 Å². The van der Waals surface area contributed by atoms with E-state index in [0.29, 0.717) is 40.8 Å². The van der Waals surface area contributed by atoms with Crippen molar-refractivity contribution in [2.75, 3.05) is 0 Å². The highest BCUT2D eigenvalue weighted by Gasteiger charge is 2.67. The van der Waals surface area contributed by atoms with Crippen LogP contribution in [0.1, 0.15) is 72.6 Å². The lowest BCUT2D eigenvalue weighted by atomic mass is 9.55. The molecule has 0 radical (unpaired) electrons. The van der Waals surface area contributed by atoms with Crippen LogP contribution in [0, 0.1) is 64.1 Å². The lowest BCUT2D eigenvalue weighted by Gasteiger charge is -2.49. The van der Waals surface area contributed by atoms with E-state index in [2.05, 4.69) is 33.8 Å². The molecule has 0 spiro atoms. The number of hydrogen-bond donors (Lipinski definition) is 0. The predicted octanol–water partition coefficient (Wildman–Crippen LogP) is 5.79. The highest BCUT2D eigenvalue weighted by Crippen LogP contribution is 2.72. The SMILES string of the molecule is CC[C@]12CC[C@H]([C@H]3CCC(=O)C=C3[C@H](C)C(C)C)C[C@@H]1[C@@H]1C[C@@H]1[C@@H]2C#N. The smallest absolute Gasteiger partial charge is 0.155 e. The van der Waals surface area contributed by atoms with E-state index in [9.17, 15) is 10.1 Å². The molecule has 0 N–H and O–H groups in total. The minimum absolute atomic E-state index is 0.316. The van der Waals surface area contributed by atoms with Crippen molar-refractivity contribution in [3.63, 3.8) is 0 Å². The first-order chi connectivity index (χ1) is 12.4. The van der Waals surface area contributed by atoms with E-state index in [-0.39, 0.29) is 0 Å². The van der Waals surface area contributed by atoms with Crippen LogP contribution in [-0.2, 0) is 4.79 Å². The van der Waals surface area contributed by atoms with Crippen LogP contribution in [0.25, 0.3) is 0 Å². The second kappa shape index (κ2) is 6.50. The number of allylic oxidation sites excluding steroid dienone is 2. The van der Waals surface area contributed by atoms with Crippen molar-refractivity contribution in [1.82, 2.24) is 0 Å². The van der Waals surface area contributed by atoms with Gasteiger partial charge in [0.2, 0.25) is 0 Å². The van der Waals surface area contributed by atoms with Crippen LogP contribution in [0.4, 0.5) is 0 Å². The summed E-state index contributed by atoms with van der Waals surface area (Å²) in [6, 6.07) is 2.73. The Morgan fingerprint density at radius 2 is 2.00 bits per heavy atom. The molecule has 0 saturated heterocycles. The largest absolute Gasteiger partial charge is 0.295 e. The minimum Gasteiger partial charge on any atom is -0.295 e. The van der Waals surface area contributed by atoms with Gasteiger partial charge in [-0.15, -0.1) is 0 Å². The first kappa shape index (κ1) is 18.3. The predicted molar refractivity (Wildman–Crippen MR) is 104 cm³/mol. The van der Waals surface area contributed by atoms with Crippen LogP contribution in [-0.4, -0.2) is 5.78 Å². The Balaban J connectivity index is 1.58. The Hall–Kier alpha value is -1.10. The van der Waals surface area contributed by atoms with Crippen molar-refractivity contribution in [2.24, 2.45) is 52.8 Å². The summed E-state index contributed by atoms with van der Waals surface area (Å²) < 4.78 is 0. The molecular formula is C24H35NO. The summed E-state index contributed by atoms with van der Waals surface area (Å²) in [4.78, 5) is 12.1. The number of nitrogens with zero attached hydrogens (tertiary/aromatic N) is 1. The molecule has 4 rings (SSSR count). The van der Waals surface area contributed by atoms with E-state index in [1.807, 2.05) is 6.08 Å². The zero-order chi connectivity index (χ0) is 18.6. The maximum atomic E-state index is 12.1. The van der Waals surface area contributed by atoms with E-state index >= 15 is 0 Å². The molecule has 0 heterocycles. The minimum atomic E-state index is 0.316. The van der Waals surface area contributed by atoms with Gasteiger partial charge < -0.3 is 0 Å². The number of carbonyl (C=O) groups excluding carboxylic acids is 1. The van der Waals surface area contributed by atoms with Crippen LogP contribution in [0.15, 0.2) is 11.6 Å². The molecule has 2 nitrogen and oxygen atoms in total. The molecular weight excluding hydrogens is 318 g/mol. The summed E-state index contributed by atoms with van der Waals surface area (Å²) in [5.41, 5.74) is 1.77. The average molecular weight is 354 g/mol. The zero-order valence-corrected chi connectivity index (χ0v) is 17.0. The van der Waals surface area contributed by atoms with Gasteiger partial charge in [0.25, 0.3) is 0 Å². The molecule has 0 aliphatic heterocycles. The monoisotopic (exact) mass is 353 g/mol. The number of fused-ring (bicyclic) bond motifs is 3. The van der Waals surface area contributed by atoms with Crippen LogP contribution < -0.4 is 0 Å². The van der Waals surface area contributed by atoms with Gasteiger partial charge in [-0.2, -0.15) is 5.26 Å². The van der Waals surface area contributed by atoms with Crippen molar-refractivity contribution in [3.8, 4) is 6.07 Å².